The summed E-state index contributed by atoms with van der Waals surface area (Å²) < 4.78 is 0. The number of unbranched alkanes of at least 4 members (excludes halogenated alkanes) is 2. The molecule has 0 heterocycles. The summed E-state index contributed by atoms with van der Waals surface area (Å²) in [7, 11) is 0. The molecule has 0 unspecified atom stereocenters. The molecule has 0 radical (unpaired) electrons. The lowest BCUT2D eigenvalue weighted by molar-refractivity contribution is -0.148. The average molecular weight is 391 g/mol. The van der Waals surface area contributed by atoms with Crippen molar-refractivity contribution in [1.29, 1.82) is 0 Å². The molecule has 0 aromatic heterocycles. The summed E-state index contributed by atoms with van der Waals surface area (Å²) in [6.45, 7) is 11.4. The van der Waals surface area contributed by atoms with Gasteiger partial charge >= 0.3 is 11.9 Å². The smallest absolute Gasteiger partial charge is 0.309 e. The molecule has 1 rings (SSSR count). The second kappa shape index (κ2) is 10.1. The minimum absolute atomic E-state index is 0.656. The molecule has 1 aromatic carbocycles. The Hall–Kier alpha value is -1.84. The molecule has 0 atom stereocenters. The first-order valence-electron chi connectivity index (χ1n) is 10.4. The van der Waals surface area contributed by atoms with Crippen LogP contribution in [0.5, 0.6) is 0 Å². The maximum atomic E-state index is 11.2. The van der Waals surface area contributed by atoms with Crippen LogP contribution in [0.3, 0.4) is 0 Å². The maximum Gasteiger partial charge on any atom is 0.309 e. The Kier molecular flexibility index (Phi) is 8.72. The number of aryl methyl sites for hydroxylation is 4. The minimum atomic E-state index is -0.729. The van der Waals surface area contributed by atoms with Crippen molar-refractivity contribution in [3.8, 4) is 0 Å². The molecule has 0 bridgehead atoms. The van der Waals surface area contributed by atoms with Gasteiger partial charge in [-0.05, 0) is 102 Å². The van der Waals surface area contributed by atoms with Gasteiger partial charge in [-0.2, -0.15) is 0 Å². The number of hydrogen-bond acceptors (Lipinski definition) is 2. The average Bonchev–Trinajstić information content (AvgIpc) is 2.58. The Labute approximate surface area is 170 Å². The summed E-state index contributed by atoms with van der Waals surface area (Å²) in [4.78, 5) is 22.4. The number of benzene rings is 1. The highest BCUT2D eigenvalue weighted by Gasteiger charge is 2.26. The van der Waals surface area contributed by atoms with E-state index in [4.69, 9.17) is 0 Å². The highest BCUT2D eigenvalue weighted by molar-refractivity contribution is 5.73. The quantitative estimate of drug-likeness (QED) is 0.432. The van der Waals surface area contributed by atoms with Crippen LogP contribution in [-0.2, 0) is 22.4 Å². The summed E-state index contributed by atoms with van der Waals surface area (Å²) in [6, 6.07) is 4.54. The first-order chi connectivity index (χ1) is 12.9. The van der Waals surface area contributed by atoms with Crippen LogP contribution in [-0.4, -0.2) is 22.2 Å². The van der Waals surface area contributed by atoms with E-state index in [0.717, 1.165) is 38.5 Å². The van der Waals surface area contributed by atoms with E-state index in [1.165, 1.54) is 22.3 Å². The van der Waals surface area contributed by atoms with Crippen LogP contribution in [0.2, 0.25) is 0 Å². The van der Waals surface area contributed by atoms with E-state index < -0.39 is 22.8 Å². The van der Waals surface area contributed by atoms with Crippen molar-refractivity contribution in [2.45, 2.75) is 92.9 Å². The third kappa shape index (κ3) is 7.29. The van der Waals surface area contributed by atoms with Gasteiger partial charge < -0.3 is 10.2 Å². The zero-order valence-corrected chi connectivity index (χ0v) is 18.5. The molecule has 0 saturated heterocycles. The van der Waals surface area contributed by atoms with E-state index in [1.807, 2.05) is 0 Å². The lowest BCUT2D eigenvalue weighted by Crippen LogP contribution is -2.23. The third-order valence-electron chi connectivity index (χ3n) is 5.95. The number of carboxylic acid groups (broad SMARTS) is 2. The minimum Gasteiger partial charge on any atom is -0.481 e. The van der Waals surface area contributed by atoms with Crippen molar-refractivity contribution < 1.29 is 19.8 Å². The fourth-order valence-electron chi connectivity index (χ4n) is 3.47. The van der Waals surface area contributed by atoms with E-state index in [9.17, 15) is 19.8 Å². The predicted molar refractivity (Wildman–Crippen MR) is 114 cm³/mol. The molecular formula is C24H38O4. The van der Waals surface area contributed by atoms with Crippen LogP contribution in [0.15, 0.2) is 12.1 Å². The van der Waals surface area contributed by atoms with Crippen molar-refractivity contribution in [3.63, 3.8) is 0 Å². The number of aliphatic carboxylic acids is 2. The molecule has 28 heavy (non-hydrogen) atoms. The van der Waals surface area contributed by atoms with Crippen molar-refractivity contribution in [1.82, 2.24) is 0 Å². The molecule has 0 saturated carbocycles. The predicted octanol–water partition coefficient (Wildman–Crippen LogP) is 5.95. The van der Waals surface area contributed by atoms with Gasteiger partial charge in [0.25, 0.3) is 0 Å². The summed E-state index contributed by atoms with van der Waals surface area (Å²) in [5.74, 6) is -1.46. The summed E-state index contributed by atoms with van der Waals surface area (Å²) in [5, 5.41) is 18.4. The molecule has 158 valence electrons. The fraction of sp³-hybridized carbons (Fsp3) is 0.667. The molecule has 4 heteroatoms. The van der Waals surface area contributed by atoms with Gasteiger partial charge in [0.05, 0.1) is 10.8 Å². The standard InChI is InChI=1S/C24H38O4/c1-17-15-18(2)20(12-8-10-14-24(5,6)22(27)28)16-19(17)11-7-9-13-23(3,4)21(25)26/h15-16H,7-14H2,1-6H3,(H,25,26)(H,27,28). The van der Waals surface area contributed by atoms with Gasteiger partial charge in [0.1, 0.15) is 0 Å². The third-order valence-corrected chi connectivity index (χ3v) is 5.95. The summed E-state index contributed by atoms with van der Waals surface area (Å²) in [6.07, 6.45) is 7.14. The highest BCUT2D eigenvalue weighted by atomic mass is 16.4. The molecule has 1 aromatic rings. The Bertz CT molecular complexity index is 631. The molecule has 0 aliphatic carbocycles. The monoisotopic (exact) mass is 390 g/mol. The SMILES string of the molecule is Cc1cc(C)c(CCCCC(C)(C)C(=O)O)cc1CCCCC(C)(C)C(=O)O. The molecule has 0 amide bonds. The lowest BCUT2D eigenvalue weighted by atomic mass is 9.85. The second-order valence-corrected chi connectivity index (χ2v) is 9.50. The summed E-state index contributed by atoms with van der Waals surface area (Å²) in [5.41, 5.74) is 3.98. The molecule has 0 aliphatic heterocycles. The van der Waals surface area contributed by atoms with E-state index >= 15 is 0 Å². The van der Waals surface area contributed by atoms with Crippen LogP contribution in [0.1, 0.15) is 88.5 Å². The number of hydrogen-bond donors (Lipinski definition) is 2. The zero-order valence-electron chi connectivity index (χ0n) is 18.5. The molecule has 4 nitrogen and oxygen atoms in total. The van der Waals surface area contributed by atoms with Gasteiger partial charge in [-0.3, -0.25) is 9.59 Å². The van der Waals surface area contributed by atoms with Gasteiger partial charge in [-0.1, -0.05) is 25.0 Å². The maximum absolute atomic E-state index is 11.2. The van der Waals surface area contributed by atoms with E-state index in [1.54, 1.807) is 27.7 Å². The molecule has 0 fully saturated rings. The molecule has 0 aliphatic rings. The Morgan fingerprint density at radius 3 is 1.39 bits per heavy atom. The van der Waals surface area contributed by atoms with Crippen molar-refractivity contribution in [3.05, 3.63) is 34.4 Å². The van der Waals surface area contributed by atoms with Gasteiger partial charge in [0.15, 0.2) is 0 Å². The van der Waals surface area contributed by atoms with E-state index in [-0.39, 0.29) is 0 Å². The van der Waals surface area contributed by atoms with Crippen LogP contribution < -0.4 is 0 Å². The van der Waals surface area contributed by atoms with Gasteiger partial charge in [-0.25, -0.2) is 0 Å². The number of carbonyl (C=O) groups is 2. The Morgan fingerprint density at radius 1 is 0.714 bits per heavy atom. The summed E-state index contributed by atoms with van der Waals surface area (Å²) >= 11 is 0. The van der Waals surface area contributed by atoms with Crippen LogP contribution in [0.25, 0.3) is 0 Å². The largest absolute Gasteiger partial charge is 0.481 e. The van der Waals surface area contributed by atoms with Crippen molar-refractivity contribution >= 4 is 11.9 Å². The zero-order chi connectivity index (χ0) is 21.5. The number of rotatable bonds is 12. The Balaban J connectivity index is 2.59. The fourth-order valence-corrected chi connectivity index (χ4v) is 3.47. The van der Waals surface area contributed by atoms with Gasteiger partial charge in [-0.15, -0.1) is 0 Å². The first-order valence-corrected chi connectivity index (χ1v) is 10.4. The molecule has 2 N–H and O–H groups in total. The molecular weight excluding hydrogens is 352 g/mol. The van der Waals surface area contributed by atoms with E-state index in [2.05, 4.69) is 26.0 Å². The van der Waals surface area contributed by atoms with Gasteiger partial charge in [0, 0.05) is 0 Å². The number of carboxylic acids is 2. The first kappa shape index (κ1) is 24.2. The normalized spacial score (nSPS) is 12.2. The molecule has 0 spiro atoms. The Morgan fingerprint density at radius 2 is 1.07 bits per heavy atom. The van der Waals surface area contributed by atoms with Crippen LogP contribution in [0, 0.1) is 24.7 Å². The van der Waals surface area contributed by atoms with Crippen molar-refractivity contribution in [2.24, 2.45) is 10.8 Å². The van der Waals surface area contributed by atoms with E-state index in [0.29, 0.717) is 12.8 Å². The lowest BCUT2D eigenvalue weighted by Gasteiger charge is -2.19. The highest BCUT2D eigenvalue weighted by Crippen LogP contribution is 2.27. The van der Waals surface area contributed by atoms with Crippen LogP contribution in [0.4, 0.5) is 0 Å². The van der Waals surface area contributed by atoms with Gasteiger partial charge in [0.2, 0.25) is 0 Å². The van der Waals surface area contributed by atoms with Crippen LogP contribution >= 0.6 is 0 Å². The topological polar surface area (TPSA) is 74.6 Å². The van der Waals surface area contributed by atoms with Crippen molar-refractivity contribution in [2.75, 3.05) is 0 Å². The second-order valence-electron chi connectivity index (χ2n) is 9.50.